The lowest BCUT2D eigenvalue weighted by Crippen LogP contribution is -1.95. The molecule has 0 aromatic heterocycles. The van der Waals surface area contributed by atoms with Crippen molar-refractivity contribution in [1.29, 1.82) is 0 Å². The maximum Gasteiger partial charge on any atom is 0.119 e. The monoisotopic (exact) mass is 357 g/mol. The van der Waals surface area contributed by atoms with Crippen molar-refractivity contribution in [3.05, 3.63) is 101 Å². The van der Waals surface area contributed by atoms with Crippen molar-refractivity contribution in [3.8, 4) is 5.75 Å². The van der Waals surface area contributed by atoms with Gasteiger partial charge in [0.1, 0.15) is 12.4 Å². The lowest BCUT2D eigenvalue weighted by Gasteiger charge is -2.10. The van der Waals surface area contributed by atoms with Crippen molar-refractivity contribution < 1.29 is 4.74 Å². The molecule has 0 N–H and O–H groups in total. The molecule has 1 atom stereocenters. The molecule has 0 amide bonds. The van der Waals surface area contributed by atoms with Crippen LogP contribution in [0, 0.1) is 0 Å². The van der Waals surface area contributed by atoms with Crippen LogP contribution in [0.2, 0.25) is 0 Å². The number of rotatable bonds is 7. The summed E-state index contributed by atoms with van der Waals surface area (Å²) in [6, 6.07) is 27.1. The molecule has 0 radical (unpaired) electrons. The molecule has 2 heteroatoms. The number of hydrogen-bond donors (Lipinski definition) is 0. The molecule has 3 aromatic rings. The van der Waals surface area contributed by atoms with Crippen LogP contribution >= 0.6 is 0 Å². The predicted octanol–water partition coefficient (Wildman–Crippen LogP) is 6.57. The molecule has 27 heavy (non-hydrogen) atoms. The van der Waals surface area contributed by atoms with Crippen molar-refractivity contribution in [1.82, 2.24) is 0 Å². The second kappa shape index (κ2) is 9.18. The van der Waals surface area contributed by atoms with Crippen LogP contribution < -0.4 is 4.74 Å². The van der Waals surface area contributed by atoms with E-state index in [2.05, 4.69) is 57.2 Å². The van der Waals surface area contributed by atoms with Crippen LogP contribution in [-0.4, -0.2) is 6.21 Å². The summed E-state index contributed by atoms with van der Waals surface area (Å²) in [6.07, 6.45) is 1.93. The van der Waals surface area contributed by atoms with Gasteiger partial charge in [-0.05, 0) is 59.4 Å². The fraction of sp³-hybridized carbons (Fsp3) is 0.240. The first kappa shape index (κ1) is 18.9. The van der Waals surface area contributed by atoms with Crippen LogP contribution in [0.15, 0.2) is 83.9 Å². The number of hydrogen-bond acceptors (Lipinski definition) is 2. The minimum absolute atomic E-state index is 0.139. The number of aliphatic imine (C=N–C) groups is 1. The summed E-state index contributed by atoms with van der Waals surface area (Å²) in [4.78, 5) is 4.70. The summed E-state index contributed by atoms with van der Waals surface area (Å²) in [7, 11) is 0. The quantitative estimate of drug-likeness (QED) is 0.438. The van der Waals surface area contributed by atoms with E-state index in [1.54, 1.807) is 0 Å². The third-order valence-corrected chi connectivity index (χ3v) is 4.66. The van der Waals surface area contributed by atoms with Crippen molar-refractivity contribution in [3.63, 3.8) is 0 Å². The molecule has 0 heterocycles. The second-order valence-electron chi connectivity index (χ2n) is 7.12. The van der Waals surface area contributed by atoms with Gasteiger partial charge in [0.05, 0.1) is 6.04 Å². The van der Waals surface area contributed by atoms with E-state index < -0.39 is 0 Å². The Balaban J connectivity index is 1.56. The Hall–Kier alpha value is -2.87. The highest BCUT2D eigenvalue weighted by Gasteiger charge is 2.04. The van der Waals surface area contributed by atoms with Gasteiger partial charge in [0.25, 0.3) is 0 Å². The van der Waals surface area contributed by atoms with Gasteiger partial charge >= 0.3 is 0 Å². The van der Waals surface area contributed by atoms with Crippen LogP contribution in [0.4, 0.5) is 0 Å². The fourth-order valence-corrected chi connectivity index (χ4v) is 2.83. The normalized spacial score (nSPS) is 12.4. The molecule has 3 aromatic carbocycles. The van der Waals surface area contributed by atoms with Crippen LogP contribution in [0.3, 0.4) is 0 Å². The Morgan fingerprint density at radius 3 is 2.04 bits per heavy atom. The van der Waals surface area contributed by atoms with Crippen molar-refractivity contribution in [2.45, 2.75) is 39.3 Å². The highest BCUT2D eigenvalue weighted by molar-refractivity contribution is 5.79. The summed E-state index contributed by atoms with van der Waals surface area (Å²) in [5.74, 6) is 1.42. The van der Waals surface area contributed by atoms with E-state index in [1.165, 1.54) is 16.7 Å². The molecule has 0 aliphatic carbocycles. The molecule has 0 saturated carbocycles. The average Bonchev–Trinajstić information content (AvgIpc) is 2.72. The molecular formula is C25H27NO. The zero-order valence-electron chi connectivity index (χ0n) is 16.3. The van der Waals surface area contributed by atoms with E-state index in [0.717, 1.165) is 11.3 Å². The smallest absolute Gasteiger partial charge is 0.119 e. The Morgan fingerprint density at radius 2 is 1.41 bits per heavy atom. The molecule has 0 aliphatic rings. The summed E-state index contributed by atoms with van der Waals surface area (Å²) < 4.78 is 5.83. The predicted molar refractivity (Wildman–Crippen MR) is 114 cm³/mol. The van der Waals surface area contributed by atoms with Crippen molar-refractivity contribution in [2.75, 3.05) is 0 Å². The molecule has 2 nitrogen and oxygen atoms in total. The number of benzene rings is 3. The van der Waals surface area contributed by atoms with Gasteiger partial charge in [0.15, 0.2) is 0 Å². The van der Waals surface area contributed by atoms with Crippen molar-refractivity contribution in [2.24, 2.45) is 4.99 Å². The van der Waals surface area contributed by atoms with E-state index in [1.807, 2.05) is 48.7 Å². The Labute approximate surface area is 162 Å². The molecule has 138 valence electrons. The number of ether oxygens (including phenoxy) is 1. The average molecular weight is 357 g/mol. The zero-order valence-corrected chi connectivity index (χ0v) is 16.3. The summed E-state index contributed by atoms with van der Waals surface area (Å²) >= 11 is 0. The largest absolute Gasteiger partial charge is 0.489 e. The third-order valence-electron chi connectivity index (χ3n) is 4.66. The fourth-order valence-electron chi connectivity index (χ4n) is 2.83. The summed E-state index contributed by atoms with van der Waals surface area (Å²) in [5.41, 5.74) is 4.84. The van der Waals surface area contributed by atoms with E-state index in [0.29, 0.717) is 12.5 Å². The van der Waals surface area contributed by atoms with Crippen LogP contribution in [0.1, 0.15) is 55.0 Å². The summed E-state index contributed by atoms with van der Waals surface area (Å²) in [5, 5.41) is 0. The van der Waals surface area contributed by atoms with Gasteiger partial charge in [-0.2, -0.15) is 0 Å². The third kappa shape index (κ3) is 5.55. The van der Waals surface area contributed by atoms with Gasteiger partial charge < -0.3 is 4.74 Å². The molecule has 0 bridgehead atoms. The van der Waals surface area contributed by atoms with Gasteiger partial charge in [-0.25, -0.2) is 0 Å². The molecule has 0 saturated heterocycles. The molecule has 0 fully saturated rings. The minimum Gasteiger partial charge on any atom is -0.489 e. The molecule has 0 spiro atoms. The first-order valence-electron chi connectivity index (χ1n) is 9.51. The molecular weight excluding hydrogens is 330 g/mol. The maximum absolute atomic E-state index is 5.83. The first-order valence-corrected chi connectivity index (χ1v) is 9.51. The lowest BCUT2D eigenvalue weighted by molar-refractivity contribution is 0.306. The van der Waals surface area contributed by atoms with Crippen LogP contribution in [-0.2, 0) is 6.61 Å². The van der Waals surface area contributed by atoms with E-state index in [9.17, 15) is 0 Å². The second-order valence-corrected chi connectivity index (χ2v) is 7.12. The van der Waals surface area contributed by atoms with E-state index in [-0.39, 0.29) is 6.04 Å². The van der Waals surface area contributed by atoms with E-state index >= 15 is 0 Å². The Kier molecular flexibility index (Phi) is 6.43. The molecule has 3 rings (SSSR count). The van der Waals surface area contributed by atoms with Crippen LogP contribution in [0.25, 0.3) is 0 Å². The van der Waals surface area contributed by atoms with Gasteiger partial charge in [-0.3, -0.25) is 4.99 Å². The van der Waals surface area contributed by atoms with Crippen LogP contribution in [0.5, 0.6) is 5.75 Å². The summed E-state index contributed by atoms with van der Waals surface area (Å²) in [6.45, 7) is 7.13. The highest BCUT2D eigenvalue weighted by atomic mass is 16.5. The van der Waals surface area contributed by atoms with Gasteiger partial charge in [-0.15, -0.1) is 0 Å². The lowest BCUT2D eigenvalue weighted by atomic mass is 10.00. The van der Waals surface area contributed by atoms with Gasteiger partial charge in [-0.1, -0.05) is 68.4 Å². The first-order chi connectivity index (χ1) is 13.1. The maximum atomic E-state index is 5.83. The topological polar surface area (TPSA) is 21.6 Å². The SMILES string of the molecule is CC(C)c1ccc(C(C)N=Cc2ccc(OCc3ccccc3)cc2)cc1. The number of nitrogens with zero attached hydrogens (tertiary/aromatic N) is 1. The highest BCUT2D eigenvalue weighted by Crippen LogP contribution is 2.21. The Bertz CT molecular complexity index is 849. The van der Waals surface area contributed by atoms with Crippen molar-refractivity contribution >= 4 is 6.21 Å². The minimum atomic E-state index is 0.139. The molecule has 0 aliphatic heterocycles. The van der Waals surface area contributed by atoms with E-state index in [4.69, 9.17) is 9.73 Å². The standard InChI is InChI=1S/C25H27NO/c1-19(2)23-11-13-24(14-12-23)20(3)26-17-21-9-15-25(16-10-21)27-18-22-7-5-4-6-8-22/h4-17,19-20H,18H2,1-3H3. The van der Waals surface area contributed by atoms with Gasteiger partial charge in [0.2, 0.25) is 0 Å². The van der Waals surface area contributed by atoms with Gasteiger partial charge in [0, 0.05) is 6.21 Å². The molecule has 1 unspecified atom stereocenters. The zero-order chi connectivity index (χ0) is 19.1. The Morgan fingerprint density at radius 1 is 0.778 bits per heavy atom.